The molecule has 3 nitrogen and oxygen atoms in total. The lowest BCUT2D eigenvalue weighted by Crippen LogP contribution is -2.49. The van der Waals surface area contributed by atoms with Crippen molar-refractivity contribution in [2.45, 2.75) is 59.0 Å². The molecule has 0 aliphatic carbocycles. The molecule has 1 N–H and O–H groups in total. The van der Waals surface area contributed by atoms with Gasteiger partial charge in [0.2, 0.25) is 5.91 Å². The number of nitrogens with one attached hydrogen (secondary N) is 1. The Hall–Kier alpha value is -1.51. The Morgan fingerprint density at radius 2 is 1.85 bits per heavy atom. The maximum Gasteiger partial charge on any atom is 0.242 e. The van der Waals surface area contributed by atoms with Gasteiger partial charge in [-0.15, -0.1) is 0 Å². The van der Waals surface area contributed by atoms with Gasteiger partial charge in [-0.2, -0.15) is 0 Å². The fourth-order valence-electron chi connectivity index (χ4n) is 3.03. The molecule has 0 aromatic heterocycles. The second kappa shape index (κ2) is 6.29. The molecule has 0 radical (unpaired) electrons. The van der Waals surface area contributed by atoms with Gasteiger partial charge in [-0.05, 0) is 70.2 Å². The molecule has 2 unspecified atom stereocenters. The second-order valence-electron chi connectivity index (χ2n) is 6.08. The smallest absolute Gasteiger partial charge is 0.242 e. The molecule has 1 fully saturated rings. The second-order valence-corrected chi connectivity index (χ2v) is 6.08. The van der Waals surface area contributed by atoms with Crippen LogP contribution >= 0.6 is 0 Å². The Bertz CT molecular complexity index is 474. The number of piperidine rings is 1. The van der Waals surface area contributed by atoms with Gasteiger partial charge in [0.1, 0.15) is 0 Å². The molecular formula is C17H26N2O. The molecule has 1 amide bonds. The van der Waals surface area contributed by atoms with Crippen LogP contribution in [0.5, 0.6) is 0 Å². The van der Waals surface area contributed by atoms with Crippen LogP contribution in [0.3, 0.4) is 0 Å². The van der Waals surface area contributed by atoms with Crippen molar-refractivity contribution in [3.8, 4) is 0 Å². The van der Waals surface area contributed by atoms with Gasteiger partial charge in [-0.1, -0.05) is 6.07 Å². The summed E-state index contributed by atoms with van der Waals surface area (Å²) in [5.41, 5.74) is 3.56. The Labute approximate surface area is 122 Å². The van der Waals surface area contributed by atoms with Gasteiger partial charge in [0, 0.05) is 17.8 Å². The molecule has 2 atom stereocenters. The molecule has 1 aromatic rings. The van der Waals surface area contributed by atoms with Crippen molar-refractivity contribution >= 4 is 11.6 Å². The average molecular weight is 274 g/mol. The number of likely N-dealkylation sites (tertiary alicyclic amines) is 1. The predicted molar refractivity (Wildman–Crippen MR) is 84.0 cm³/mol. The van der Waals surface area contributed by atoms with Gasteiger partial charge in [0.05, 0.1) is 6.54 Å². The van der Waals surface area contributed by atoms with E-state index < -0.39 is 0 Å². The summed E-state index contributed by atoms with van der Waals surface area (Å²) in [5.74, 6) is 0.211. The van der Waals surface area contributed by atoms with Crippen molar-refractivity contribution in [2.75, 3.05) is 11.9 Å². The van der Waals surface area contributed by atoms with Gasteiger partial charge in [0.25, 0.3) is 0 Å². The van der Waals surface area contributed by atoms with Crippen molar-refractivity contribution in [3.05, 3.63) is 29.3 Å². The molecular weight excluding hydrogens is 248 g/mol. The van der Waals surface area contributed by atoms with E-state index in [2.05, 4.69) is 50.0 Å². The van der Waals surface area contributed by atoms with Gasteiger partial charge in [0.15, 0.2) is 0 Å². The van der Waals surface area contributed by atoms with Crippen LogP contribution in [0.1, 0.15) is 44.2 Å². The molecule has 0 spiro atoms. The van der Waals surface area contributed by atoms with Crippen molar-refractivity contribution in [3.63, 3.8) is 0 Å². The van der Waals surface area contributed by atoms with Crippen LogP contribution in [0.25, 0.3) is 0 Å². The van der Waals surface area contributed by atoms with Gasteiger partial charge in [-0.25, -0.2) is 0 Å². The summed E-state index contributed by atoms with van der Waals surface area (Å²) in [4.78, 5) is 14.5. The van der Waals surface area contributed by atoms with E-state index in [1.807, 2.05) is 6.07 Å². The first-order valence-electron chi connectivity index (χ1n) is 7.61. The lowest BCUT2D eigenvalue weighted by molar-refractivity contribution is -0.135. The number of amides is 1. The molecule has 1 aliphatic heterocycles. The molecule has 20 heavy (non-hydrogen) atoms. The summed E-state index contributed by atoms with van der Waals surface area (Å²) < 4.78 is 0. The zero-order chi connectivity index (χ0) is 14.7. The summed E-state index contributed by atoms with van der Waals surface area (Å²) in [6, 6.07) is 6.97. The van der Waals surface area contributed by atoms with E-state index in [0.717, 1.165) is 18.5 Å². The van der Waals surface area contributed by atoms with Crippen molar-refractivity contribution < 1.29 is 4.79 Å². The minimum absolute atomic E-state index is 0.211. The highest BCUT2D eigenvalue weighted by atomic mass is 16.2. The molecule has 1 heterocycles. The summed E-state index contributed by atoms with van der Waals surface area (Å²) in [7, 11) is 0. The van der Waals surface area contributed by atoms with Crippen molar-refractivity contribution in [2.24, 2.45) is 0 Å². The van der Waals surface area contributed by atoms with Gasteiger partial charge in [-0.3, -0.25) is 4.79 Å². The largest absolute Gasteiger partial charge is 0.376 e. The Morgan fingerprint density at radius 1 is 1.20 bits per heavy atom. The summed E-state index contributed by atoms with van der Waals surface area (Å²) in [6.07, 6.45) is 3.48. The highest BCUT2D eigenvalue weighted by Crippen LogP contribution is 2.22. The molecule has 1 aromatic carbocycles. The number of anilines is 1. The van der Waals surface area contributed by atoms with E-state index in [1.165, 1.54) is 17.5 Å². The Kier molecular flexibility index (Phi) is 4.69. The summed E-state index contributed by atoms with van der Waals surface area (Å²) in [5, 5.41) is 3.26. The topological polar surface area (TPSA) is 32.3 Å². The zero-order valence-electron chi connectivity index (χ0n) is 13.1. The molecule has 1 aliphatic rings. The fraction of sp³-hybridized carbons (Fsp3) is 0.588. The van der Waals surface area contributed by atoms with E-state index in [9.17, 15) is 4.79 Å². The predicted octanol–water partition coefficient (Wildman–Crippen LogP) is 3.50. The van der Waals surface area contributed by atoms with Crippen LogP contribution in [0.2, 0.25) is 0 Å². The molecule has 3 heteroatoms. The number of carbonyl (C=O) groups excluding carboxylic acids is 1. The normalized spacial score (nSPS) is 22.7. The summed E-state index contributed by atoms with van der Waals surface area (Å²) >= 11 is 0. The van der Waals surface area contributed by atoms with Crippen LogP contribution in [0.15, 0.2) is 18.2 Å². The average Bonchev–Trinajstić information content (AvgIpc) is 2.40. The molecule has 0 bridgehead atoms. The first-order chi connectivity index (χ1) is 9.49. The highest BCUT2D eigenvalue weighted by molar-refractivity contribution is 5.81. The van der Waals surface area contributed by atoms with Crippen LogP contribution in [0, 0.1) is 13.8 Å². The van der Waals surface area contributed by atoms with E-state index in [1.54, 1.807) is 0 Å². The number of hydrogen-bond donors (Lipinski definition) is 1. The van der Waals surface area contributed by atoms with Crippen molar-refractivity contribution in [1.29, 1.82) is 0 Å². The maximum absolute atomic E-state index is 12.4. The number of aryl methyl sites for hydroxylation is 2. The Morgan fingerprint density at radius 3 is 2.45 bits per heavy atom. The van der Waals surface area contributed by atoms with Crippen molar-refractivity contribution in [1.82, 2.24) is 4.90 Å². The number of carbonyl (C=O) groups is 1. The first-order valence-corrected chi connectivity index (χ1v) is 7.61. The van der Waals surface area contributed by atoms with E-state index in [-0.39, 0.29) is 5.91 Å². The maximum atomic E-state index is 12.4. The van der Waals surface area contributed by atoms with Crippen LogP contribution in [0.4, 0.5) is 5.69 Å². The number of hydrogen-bond acceptors (Lipinski definition) is 2. The third kappa shape index (κ3) is 3.33. The quantitative estimate of drug-likeness (QED) is 0.915. The standard InChI is InChI=1S/C17H26N2O/c1-12-8-9-16(10-13(12)2)18-11-17(20)19-14(3)6-5-7-15(19)4/h8-10,14-15,18H,5-7,11H2,1-4H3. The number of benzene rings is 1. The minimum atomic E-state index is 0.211. The SMILES string of the molecule is Cc1ccc(NCC(=O)N2C(C)CCCC2C)cc1C. The minimum Gasteiger partial charge on any atom is -0.376 e. The fourth-order valence-corrected chi connectivity index (χ4v) is 3.03. The van der Waals surface area contributed by atoms with E-state index in [0.29, 0.717) is 18.6 Å². The summed E-state index contributed by atoms with van der Waals surface area (Å²) in [6.45, 7) is 8.89. The number of nitrogens with zero attached hydrogens (tertiary/aromatic N) is 1. The van der Waals surface area contributed by atoms with Crippen LogP contribution < -0.4 is 5.32 Å². The molecule has 0 saturated carbocycles. The highest BCUT2D eigenvalue weighted by Gasteiger charge is 2.28. The third-order valence-corrected chi connectivity index (χ3v) is 4.43. The molecule has 1 saturated heterocycles. The molecule has 2 rings (SSSR count). The first kappa shape index (κ1) is 14.9. The Balaban J connectivity index is 1.95. The van der Waals surface area contributed by atoms with Crippen LogP contribution in [-0.2, 0) is 4.79 Å². The lowest BCUT2D eigenvalue weighted by atomic mass is 9.97. The molecule has 110 valence electrons. The van der Waals surface area contributed by atoms with Gasteiger partial charge < -0.3 is 10.2 Å². The number of rotatable bonds is 3. The lowest BCUT2D eigenvalue weighted by Gasteiger charge is -2.39. The monoisotopic (exact) mass is 274 g/mol. The third-order valence-electron chi connectivity index (χ3n) is 4.43. The zero-order valence-corrected chi connectivity index (χ0v) is 13.1. The van der Waals surface area contributed by atoms with E-state index in [4.69, 9.17) is 0 Å². The van der Waals surface area contributed by atoms with E-state index >= 15 is 0 Å². The van der Waals surface area contributed by atoms with Gasteiger partial charge >= 0.3 is 0 Å². The van der Waals surface area contributed by atoms with Crippen LogP contribution in [-0.4, -0.2) is 29.4 Å².